The quantitative estimate of drug-likeness (QED) is 0.483. The predicted molar refractivity (Wildman–Crippen MR) is 47.9 cm³/mol. The van der Waals surface area contributed by atoms with Crippen molar-refractivity contribution in [2.75, 3.05) is 0 Å². The fourth-order valence-corrected chi connectivity index (χ4v) is 1.42. The number of nitrogens with zero attached hydrogens (tertiary/aromatic N) is 2. The Morgan fingerprint density at radius 1 is 1.69 bits per heavy atom. The average molecular weight is 199 g/mol. The molecule has 0 unspecified atom stereocenters. The van der Waals surface area contributed by atoms with Gasteiger partial charge in [-0.3, -0.25) is 4.57 Å². The first-order valence-corrected chi connectivity index (χ1v) is 5.24. The molecule has 0 aliphatic carbocycles. The molecule has 13 heavy (non-hydrogen) atoms. The standard InChI is InChI=1S/C6H8BN2O3P/c1-4-2-5(7)6(9-8-4)3-13(10,11)12/h2H,3H2,1H3,(H2,10,11,12)/i2D. The topological polar surface area (TPSA) is 83.3 Å². The van der Waals surface area contributed by atoms with Gasteiger partial charge in [0.1, 0.15) is 7.85 Å². The summed E-state index contributed by atoms with van der Waals surface area (Å²) in [5, 5.41) is 7.10. The van der Waals surface area contributed by atoms with Gasteiger partial charge in [0.25, 0.3) is 0 Å². The Balaban J connectivity index is 3.12. The van der Waals surface area contributed by atoms with Gasteiger partial charge in [0.2, 0.25) is 0 Å². The van der Waals surface area contributed by atoms with Crippen LogP contribution in [0.15, 0.2) is 6.04 Å². The van der Waals surface area contributed by atoms with Crippen LogP contribution < -0.4 is 5.46 Å². The molecular formula is C6H8BN2O3P. The van der Waals surface area contributed by atoms with E-state index >= 15 is 0 Å². The van der Waals surface area contributed by atoms with Gasteiger partial charge < -0.3 is 9.79 Å². The molecule has 0 fully saturated rings. The van der Waals surface area contributed by atoms with E-state index in [0.717, 1.165) is 0 Å². The van der Waals surface area contributed by atoms with Gasteiger partial charge in [-0.1, -0.05) is 5.46 Å². The van der Waals surface area contributed by atoms with E-state index < -0.39 is 13.8 Å². The second-order valence-corrected chi connectivity index (χ2v) is 4.24. The first-order valence-electron chi connectivity index (χ1n) is 3.94. The molecule has 0 spiro atoms. The van der Waals surface area contributed by atoms with Crippen LogP contribution in [-0.4, -0.2) is 27.8 Å². The normalized spacial score (nSPS) is 12.7. The Hall–Kier alpha value is -0.705. The van der Waals surface area contributed by atoms with Crippen molar-refractivity contribution in [3.63, 3.8) is 0 Å². The van der Waals surface area contributed by atoms with Gasteiger partial charge in [0, 0.05) is 0 Å². The minimum Gasteiger partial charge on any atom is -0.324 e. The average Bonchev–Trinajstić information content (AvgIpc) is 2.04. The van der Waals surface area contributed by atoms with E-state index in [9.17, 15) is 4.57 Å². The van der Waals surface area contributed by atoms with Crippen LogP contribution in [0.1, 0.15) is 12.8 Å². The van der Waals surface area contributed by atoms with Crippen LogP contribution in [0.25, 0.3) is 0 Å². The minimum atomic E-state index is -4.22. The molecule has 0 aliphatic heterocycles. The van der Waals surface area contributed by atoms with Crippen molar-refractivity contribution in [3.8, 4) is 0 Å². The van der Waals surface area contributed by atoms with E-state index in [1.807, 2.05) is 0 Å². The van der Waals surface area contributed by atoms with Gasteiger partial charge in [-0.05, 0) is 13.0 Å². The van der Waals surface area contributed by atoms with Gasteiger partial charge >= 0.3 is 7.60 Å². The molecule has 0 aliphatic rings. The molecule has 0 amide bonds. The number of hydrogen-bond acceptors (Lipinski definition) is 3. The van der Waals surface area contributed by atoms with Gasteiger partial charge in [-0.15, -0.1) is 0 Å². The number of aromatic nitrogens is 2. The molecule has 0 atom stereocenters. The Kier molecular flexibility index (Phi) is 2.44. The first-order chi connectivity index (χ1) is 6.31. The van der Waals surface area contributed by atoms with Crippen molar-refractivity contribution >= 4 is 20.9 Å². The summed E-state index contributed by atoms with van der Waals surface area (Å²) in [5.74, 6) is 0. The number of rotatable bonds is 2. The zero-order valence-electron chi connectivity index (χ0n) is 7.93. The lowest BCUT2D eigenvalue weighted by Gasteiger charge is -2.05. The van der Waals surface area contributed by atoms with E-state index in [1.54, 1.807) is 6.92 Å². The largest absolute Gasteiger partial charge is 0.331 e. The molecule has 0 bridgehead atoms. The second-order valence-electron chi connectivity index (χ2n) is 2.59. The lowest BCUT2D eigenvalue weighted by atomic mass is 9.95. The van der Waals surface area contributed by atoms with Crippen LogP contribution in [0.4, 0.5) is 0 Å². The smallest absolute Gasteiger partial charge is 0.324 e. The molecule has 1 rings (SSSR count). The summed E-state index contributed by atoms with van der Waals surface area (Å²) >= 11 is 0. The fraction of sp³-hybridized carbons (Fsp3) is 0.333. The van der Waals surface area contributed by atoms with Crippen molar-refractivity contribution in [1.29, 1.82) is 0 Å². The summed E-state index contributed by atoms with van der Waals surface area (Å²) in [5.41, 5.74) is 0.270. The maximum Gasteiger partial charge on any atom is 0.331 e. The van der Waals surface area contributed by atoms with Crippen molar-refractivity contribution in [2.45, 2.75) is 13.1 Å². The first kappa shape index (κ1) is 8.87. The zero-order chi connectivity index (χ0) is 10.9. The van der Waals surface area contributed by atoms with Crippen LogP contribution in [0.3, 0.4) is 0 Å². The molecule has 68 valence electrons. The van der Waals surface area contributed by atoms with E-state index in [0.29, 0.717) is 5.69 Å². The zero-order valence-corrected chi connectivity index (χ0v) is 7.82. The fourth-order valence-electron chi connectivity index (χ4n) is 0.793. The van der Waals surface area contributed by atoms with E-state index in [-0.39, 0.29) is 17.2 Å². The van der Waals surface area contributed by atoms with Gasteiger partial charge in [-0.2, -0.15) is 10.2 Å². The highest BCUT2D eigenvalue weighted by molar-refractivity contribution is 7.50. The maximum absolute atomic E-state index is 10.7. The highest BCUT2D eigenvalue weighted by Gasteiger charge is 2.16. The lowest BCUT2D eigenvalue weighted by Crippen LogP contribution is -2.15. The second kappa shape index (κ2) is 3.58. The molecule has 0 saturated heterocycles. The van der Waals surface area contributed by atoms with Crippen LogP contribution in [0.5, 0.6) is 0 Å². The Bertz CT molecular complexity index is 408. The van der Waals surface area contributed by atoms with Crippen molar-refractivity contribution in [1.82, 2.24) is 10.2 Å². The summed E-state index contributed by atoms with van der Waals surface area (Å²) in [4.78, 5) is 17.4. The molecule has 7 heteroatoms. The van der Waals surface area contributed by atoms with Gasteiger partial charge in [0.05, 0.1) is 18.9 Å². The highest BCUT2D eigenvalue weighted by atomic mass is 31.2. The van der Waals surface area contributed by atoms with Gasteiger partial charge in [0.15, 0.2) is 0 Å². The molecule has 0 saturated carbocycles. The highest BCUT2D eigenvalue weighted by Crippen LogP contribution is 2.37. The summed E-state index contributed by atoms with van der Waals surface area (Å²) in [6, 6.07) is -0.0385. The summed E-state index contributed by atoms with van der Waals surface area (Å²) in [7, 11) is 1.24. The third-order valence-electron chi connectivity index (χ3n) is 1.30. The van der Waals surface area contributed by atoms with Crippen molar-refractivity contribution < 1.29 is 15.7 Å². The van der Waals surface area contributed by atoms with E-state index in [1.165, 1.54) is 0 Å². The predicted octanol–water partition coefficient (Wildman–Crippen LogP) is -0.743. The van der Waals surface area contributed by atoms with E-state index in [2.05, 4.69) is 10.2 Å². The summed E-state index contributed by atoms with van der Waals surface area (Å²) in [6.45, 7) is 1.55. The maximum atomic E-state index is 10.7. The monoisotopic (exact) mass is 199 g/mol. The third kappa shape index (κ3) is 3.26. The molecule has 1 aromatic rings. The van der Waals surface area contributed by atoms with Gasteiger partial charge in [-0.25, -0.2) is 0 Å². The molecule has 1 aromatic heterocycles. The van der Waals surface area contributed by atoms with Crippen LogP contribution in [0.2, 0.25) is 0 Å². The Morgan fingerprint density at radius 2 is 2.31 bits per heavy atom. The minimum absolute atomic E-state index is 0.0270. The summed E-state index contributed by atoms with van der Waals surface area (Å²) in [6.07, 6.45) is -0.585. The Morgan fingerprint density at radius 3 is 2.85 bits per heavy atom. The van der Waals surface area contributed by atoms with Crippen molar-refractivity contribution in [2.24, 2.45) is 0 Å². The van der Waals surface area contributed by atoms with Crippen molar-refractivity contribution in [3.05, 3.63) is 17.4 Å². The van der Waals surface area contributed by atoms with Crippen LogP contribution >= 0.6 is 7.60 Å². The van der Waals surface area contributed by atoms with Crippen LogP contribution in [0, 0.1) is 6.92 Å². The molecule has 2 radical (unpaired) electrons. The summed E-state index contributed by atoms with van der Waals surface area (Å²) < 4.78 is 18.1. The molecule has 5 nitrogen and oxygen atoms in total. The SMILES string of the molecule is [2H]c1c(C)nnc(CP(=O)(O)O)c1[B]. The van der Waals surface area contributed by atoms with Crippen LogP contribution in [-0.2, 0) is 10.7 Å². The van der Waals surface area contributed by atoms with E-state index in [4.69, 9.17) is 19.0 Å². The molecular weight excluding hydrogens is 190 g/mol. The lowest BCUT2D eigenvalue weighted by molar-refractivity contribution is 0.371. The molecule has 1 heterocycles. The number of hydrogen-bond donors (Lipinski definition) is 2. The molecule has 0 aromatic carbocycles. The number of aryl methyl sites for hydroxylation is 1. The third-order valence-corrected chi connectivity index (χ3v) is 2.01. The Labute approximate surface area is 78.2 Å². The molecule has 2 N–H and O–H groups in total.